The summed E-state index contributed by atoms with van der Waals surface area (Å²) >= 11 is 1.23. The number of methoxy groups -OCH3 is 1. The van der Waals surface area contributed by atoms with Gasteiger partial charge in [0, 0.05) is 12.1 Å². The van der Waals surface area contributed by atoms with Crippen molar-refractivity contribution in [2.45, 2.75) is 39.5 Å². The van der Waals surface area contributed by atoms with Gasteiger partial charge in [-0.25, -0.2) is 14.5 Å². The number of urea groups is 1. The van der Waals surface area contributed by atoms with Crippen molar-refractivity contribution in [3.8, 4) is 28.6 Å². The molecule has 3 aromatic carbocycles. The molecular weight excluding hydrogens is 633 g/mol. The van der Waals surface area contributed by atoms with Gasteiger partial charge in [0.1, 0.15) is 17.8 Å². The topological polar surface area (TPSA) is 111 Å². The van der Waals surface area contributed by atoms with Crippen molar-refractivity contribution in [3.05, 3.63) is 84.2 Å². The molecule has 1 N–H and O–H groups in total. The van der Waals surface area contributed by atoms with E-state index < -0.39 is 12.4 Å². The summed E-state index contributed by atoms with van der Waals surface area (Å²) in [6.45, 7) is 6.46. The van der Waals surface area contributed by atoms with E-state index in [4.69, 9.17) is 4.74 Å². The third kappa shape index (κ3) is 8.50. The van der Waals surface area contributed by atoms with Gasteiger partial charge in [-0.15, -0.1) is 18.3 Å². The highest BCUT2D eigenvalue weighted by Crippen LogP contribution is 2.35. The van der Waals surface area contributed by atoms with Crippen LogP contribution in [-0.4, -0.2) is 57.6 Å². The van der Waals surface area contributed by atoms with E-state index in [2.05, 4.69) is 25.1 Å². The first-order chi connectivity index (χ1) is 22.4. The monoisotopic (exact) mass is 666 g/mol. The fourth-order valence-electron chi connectivity index (χ4n) is 4.98. The normalized spacial score (nSPS) is 14.9. The molecule has 4 aromatic rings. The van der Waals surface area contributed by atoms with E-state index in [-0.39, 0.29) is 29.2 Å². The molecule has 246 valence electrons. The number of amides is 3. The number of aliphatic imine (C=N–C) groups is 1. The highest BCUT2D eigenvalue weighted by molar-refractivity contribution is 8.15. The fourth-order valence-corrected chi connectivity index (χ4v) is 5.84. The highest BCUT2D eigenvalue weighted by atomic mass is 32.2. The summed E-state index contributed by atoms with van der Waals surface area (Å²) < 4.78 is 48.0. The molecule has 0 bridgehead atoms. The van der Waals surface area contributed by atoms with E-state index >= 15 is 0 Å². The second-order valence-electron chi connectivity index (χ2n) is 11.2. The number of anilines is 1. The largest absolute Gasteiger partial charge is 0.573 e. The van der Waals surface area contributed by atoms with Crippen molar-refractivity contribution < 1.29 is 32.2 Å². The maximum absolute atomic E-state index is 12.8. The second-order valence-corrected chi connectivity index (χ2v) is 12.2. The van der Waals surface area contributed by atoms with Crippen LogP contribution in [-0.2, 0) is 11.2 Å². The standard InChI is InChI=1S/C33H33F3N6O4S/c1-20(2)27-16-26(45-4)13-14-28(27)42-29(43)18-47-32(42)39-31(44)37-17-21(3)15-22-5-7-23(8-6-22)30-38-19-41(40-30)24-9-11-25(12-10-24)46-33(34,35)36/h5-14,16,19-21H,15,17-18H2,1-4H3,(H,37,44). The van der Waals surface area contributed by atoms with Gasteiger partial charge in [-0.3, -0.25) is 9.69 Å². The summed E-state index contributed by atoms with van der Waals surface area (Å²) in [5.41, 5.74) is 3.96. The Bertz CT molecular complexity index is 1760. The van der Waals surface area contributed by atoms with Gasteiger partial charge in [-0.2, -0.15) is 4.99 Å². The molecule has 47 heavy (non-hydrogen) atoms. The molecule has 0 radical (unpaired) electrons. The summed E-state index contributed by atoms with van der Waals surface area (Å²) in [6.07, 6.45) is -2.59. The Balaban J connectivity index is 1.16. The molecule has 0 aliphatic carbocycles. The summed E-state index contributed by atoms with van der Waals surface area (Å²) in [5, 5.41) is 7.63. The number of alkyl halides is 3. The number of nitrogens with zero attached hydrogens (tertiary/aromatic N) is 5. The number of benzene rings is 3. The Morgan fingerprint density at radius 1 is 1.04 bits per heavy atom. The molecule has 10 nitrogen and oxygen atoms in total. The van der Waals surface area contributed by atoms with Crippen molar-refractivity contribution in [2.75, 3.05) is 24.3 Å². The van der Waals surface area contributed by atoms with Gasteiger partial charge < -0.3 is 14.8 Å². The average molecular weight is 667 g/mol. The minimum absolute atomic E-state index is 0.0923. The summed E-state index contributed by atoms with van der Waals surface area (Å²) in [6, 6.07) is 18.0. The molecule has 1 aromatic heterocycles. The maximum atomic E-state index is 12.8. The van der Waals surface area contributed by atoms with E-state index in [1.807, 2.05) is 57.2 Å². The Labute approximate surface area is 274 Å². The first-order valence-corrected chi connectivity index (χ1v) is 15.8. The van der Waals surface area contributed by atoms with Gasteiger partial charge >= 0.3 is 12.4 Å². The lowest BCUT2D eigenvalue weighted by Crippen LogP contribution is -2.33. The third-order valence-corrected chi connectivity index (χ3v) is 8.21. The molecule has 3 amide bonds. The maximum Gasteiger partial charge on any atom is 0.573 e. The molecule has 1 unspecified atom stereocenters. The van der Waals surface area contributed by atoms with Crippen LogP contribution in [0.1, 0.15) is 37.8 Å². The molecule has 1 fully saturated rings. The zero-order valence-corrected chi connectivity index (χ0v) is 26.9. The molecule has 0 spiro atoms. The number of carbonyl (C=O) groups excluding carboxylic acids is 2. The molecule has 2 heterocycles. The Morgan fingerprint density at radius 2 is 1.74 bits per heavy atom. The van der Waals surface area contributed by atoms with Crippen LogP contribution in [0.5, 0.6) is 11.5 Å². The van der Waals surface area contributed by atoms with Gasteiger partial charge in [0.05, 0.1) is 24.2 Å². The van der Waals surface area contributed by atoms with Gasteiger partial charge in [0.25, 0.3) is 0 Å². The first kappa shape index (κ1) is 33.5. The van der Waals surface area contributed by atoms with Crippen LogP contribution < -0.4 is 19.7 Å². The molecule has 1 aliphatic heterocycles. The third-order valence-electron chi connectivity index (χ3n) is 7.28. The molecule has 5 rings (SSSR count). The number of ether oxygens (including phenoxy) is 2. The van der Waals surface area contributed by atoms with Crippen molar-refractivity contribution in [3.63, 3.8) is 0 Å². The predicted molar refractivity (Wildman–Crippen MR) is 174 cm³/mol. The van der Waals surface area contributed by atoms with Crippen molar-refractivity contribution >= 4 is 34.6 Å². The van der Waals surface area contributed by atoms with E-state index in [1.54, 1.807) is 13.2 Å². The number of hydrogen-bond acceptors (Lipinski definition) is 7. The number of nitrogens with one attached hydrogen (secondary N) is 1. The molecule has 1 atom stereocenters. The van der Waals surface area contributed by atoms with Gasteiger partial charge in [-0.05, 0) is 71.8 Å². The zero-order chi connectivity index (χ0) is 33.7. The predicted octanol–water partition coefficient (Wildman–Crippen LogP) is 6.99. The number of carbonyl (C=O) groups is 2. The SMILES string of the molecule is COc1ccc(N2C(=O)CSC2=NC(=O)NCC(C)Cc2ccc(-c3ncn(-c4ccc(OC(F)(F)F)cc4)n3)cc2)c(C(C)C)c1. The summed E-state index contributed by atoms with van der Waals surface area (Å²) in [5.74, 6) is 1.10. The number of halogens is 3. The number of aromatic nitrogens is 3. The molecular formula is C33H33F3N6O4S. The van der Waals surface area contributed by atoms with Gasteiger partial charge in [0.15, 0.2) is 11.0 Å². The van der Waals surface area contributed by atoms with Crippen LogP contribution in [0.25, 0.3) is 17.1 Å². The number of thioether (sulfide) groups is 1. The lowest BCUT2D eigenvalue weighted by Gasteiger charge is -2.22. The van der Waals surface area contributed by atoms with Crippen LogP contribution in [0.15, 0.2) is 78.0 Å². The smallest absolute Gasteiger partial charge is 0.497 e. The highest BCUT2D eigenvalue weighted by Gasteiger charge is 2.33. The van der Waals surface area contributed by atoms with E-state index in [1.165, 1.54) is 51.9 Å². The van der Waals surface area contributed by atoms with E-state index in [0.29, 0.717) is 41.1 Å². The minimum atomic E-state index is -4.76. The fraction of sp³-hybridized carbons (Fsp3) is 0.303. The average Bonchev–Trinajstić information content (AvgIpc) is 3.67. The van der Waals surface area contributed by atoms with Crippen LogP contribution in [0.2, 0.25) is 0 Å². The van der Waals surface area contributed by atoms with E-state index in [9.17, 15) is 22.8 Å². The van der Waals surface area contributed by atoms with Crippen LogP contribution in [0.3, 0.4) is 0 Å². The van der Waals surface area contributed by atoms with Crippen LogP contribution >= 0.6 is 11.8 Å². The van der Waals surface area contributed by atoms with Crippen LogP contribution in [0, 0.1) is 5.92 Å². The number of hydrogen-bond donors (Lipinski definition) is 1. The lowest BCUT2D eigenvalue weighted by atomic mass is 10.00. The van der Waals surface area contributed by atoms with Gasteiger partial charge in [-0.1, -0.05) is 56.8 Å². The lowest BCUT2D eigenvalue weighted by molar-refractivity contribution is -0.274. The first-order valence-electron chi connectivity index (χ1n) is 14.8. The molecule has 14 heteroatoms. The second kappa shape index (κ2) is 14.3. The Kier molecular flexibility index (Phi) is 10.2. The molecule has 1 aliphatic rings. The summed E-state index contributed by atoms with van der Waals surface area (Å²) in [4.78, 5) is 35.7. The van der Waals surface area contributed by atoms with E-state index in [0.717, 1.165) is 16.7 Å². The van der Waals surface area contributed by atoms with Crippen molar-refractivity contribution in [1.29, 1.82) is 0 Å². The van der Waals surface area contributed by atoms with Crippen molar-refractivity contribution in [2.24, 2.45) is 10.9 Å². The number of rotatable bonds is 10. The van der Waals surface area contributed by atoms with Gasteiger partial charge in [0.2, 0.25) is 5.91 Å². The van der Waals surface area contributed by atoms with Crippen LogP contribution in [0.4, 0.5) is 23.7 Å². The summed E-state index contributed by atoms with van der Waals surface area (Å²) in [7, 11) is 1.59. The molecule has 0 saturated carbocycles. The number of amidine groups is 1. The Morgan fingerprint density at radius 3 is 2.40 bits per heavy atom. The van der Waals surface area contributed by atoms with Crippen molar-refractivity contribution in [1.82, 2.24) is 20.1 Å². The quantitative estimate of drug-likeness (QED) is 0.194. The Hall–Kier alpha value is -4.85. The zero-order valence-electron chi connectivity index (χ0n) is 26.1. The minimum Gasteiger partial charge on any atom is -0.497 e. The molecule has 1 saturated heterocycles.